The lowest BCUT2D eigenvalue weighted by atomic mass is 10.3. The Hall–Kier alpha value is 0.260. The van der Waals surface area contributed by atoms with Gasteiger partial charge in [-0.2, -0.15) is 5.10 Å². The second-order valence-corrected chi connectivity index (χ2v) is 5.56. The molecule has 3 nitrogen and oxygen atoms in total. The van der Waals surface area contributed by atoms with Gasteiger partial charge in [-0.05, 0) is 51.0 Å². The summed E-state index contributed by atoms with van der Waals surface area (Å²) in [6, 6.07) is 2.05. The third-order valence-electron chi connectivity index (χ3n) is 1.74. The van der Waals surface area contributed by atoms with E-state index in [0.29, 0.717) is 6.37 Å². The number of hydrogen-bond acceptors (Lipinski definition) is 2. The Morgan fingerprint density at radius 2 is 2.13 bits per heavy atom. The molecule has 0 bridgehead atoms. The SMILES string of the molecule is CC.Cc1nn(PI)c2cc(Br)cnc12. The van der Waals surface area contributed by atoms with E-state index in [1.165, 1.54) is 0 Å². The molecule has 0 amide bonds. The lowest BCUT2D eigenvalue weighted by Crippen LogP contribution is -1.82. The van der Waals surface area contributed by atoms with Crippen LogP contribution in [0.15, 0.2) is 16.7 Å². The molecular formula is C9H12BrIN3P. The molecular weight excluding hydrogens is 388 g/mol. The van der Waals surface area contributed by atoms with Gasteiger partial charge >= 0.3 is 0 Å². The van der Waals surface area contributed by atoms with Crippen molar-refractivity contribution < 1.29 is 0 Å². The molecule has 82 valence electrons. The average molecular weight is 400 g/mol. The lowest BCUT2D eigenvalue weighted by molar-refractivity contribution is 1.00. The minimum absolute atomic E-state index is 0.616. The summed E-state index contributed by atoms with van der Waals surface area (Å²) >= 11 is 5.71. The van der Waals surface area contributed by atoms with Crippen molar-refractivity contribution in [3.8, 4) is 0 Å². The van der Waals surface area contributed by atoms with Gasteiger partial charge in [-0.3, -0.25) is 4.98 Å². The van der Waals surface area contributed by atoms with Crippen molar-refractivity contribution in [3.63, 3.8) is 0 Å². The predicted molar refractivity (Wildman–Crippen MR) is 79.0 cm³/mol. The number of rotatable bonds is 1. The topological polar surface area (TPSA) is 30.7 Å². The van der Waals surface area contributed by atoms with Crippen molar-refractivity contribution in [1.82, 2.24) is 14.5 Å². The van der Waals surface area contributed by atoms with Crippen LogP contribution in [0.4, 0.5) is 0 Å². The normalized spacial score (nSPS) is 10.7. The summed E-state index contributed by atoms with van der Waals surface area (Å²) in [5.74, 6) is 0. The number of fused-ring (bicyclic) bond motifs is 1. The van der Waals surface area contributed by atoms with Crippen molar-refractivity contribution in [2.75, 3.05) is 0 Å². The lowest BCUT2D eigenvalue weighted by Gasteiger charge is -1.95. The maximum absolute atomic E-state index is 4.39. The first-order valence-electron chi connectivity index (χ1n) is 4.60. The Balaban J connectivity index is 0.000000531. The number of hydrogen-bond donors (Lipinski definition) is 0. The van der Waals surface area contributed by atoms with E-state index in [2.05, 4.69) is 48.1 Å². The van der Waals surface area contributed by atoms with Crippen LogP contribution in [-0.4, -0.2) is 14.5 Å². The third-order valence-corrected chi connectivity index (χ3v) is 4.04. The molecule has 2 heterocycles. The predicted octanol–water partition coefficient (Wildman–Crippen LogP) is 4.32. The fourth-order valence-electron chi connectivity index (χ4n) is 1.18. The minimum Gasteiger partial charge on any atom is -0.251 e. The van der Waals surface area contributed by atoms with Crippen molar-refractivity contribution in [1.29, 1.82) is 0 Å². The highest BCUT2D eigenvalue weighted by Crippen LogP contribution is 2.30. The van der Waals surface area contributed by atoms with Gasteiger partial charge in [0.15, 0.2) is 0 Å². The summed E-state index contributed by atoms with van der Waals surface area (Å²) in [5.41, 5.74) is 3.08. The Morgan fingerprint density at radius 3 is 2.73 bits per heavy atom. The van der Waals surface area contributed by atoms with E-state index in [1.807, 2.05) is 31.3 Å². The average Bonchev–Trinajstić information content (AvgIpc) is 2.58. The first-order valence-corrected chi connectivity index (χ1v) is 9.45. The van der Waals surface area contributed by atoms with Crippen molar-refractivity contribution in [2.24, 2.45) is 0 Å². The van der Waals surface area contributed by atoms with Crippen LogP contribution in [0.25, 0.3) is 11.0 Å². The van der Waals surface area contributed by atoms with Crippen LogP contribution in [0.3, 0.4) is 0 Å². The molecule has 0 spiro atoms. The van der Waals surface area contributed by atoms with Gasteiger partial charge in [0, 0.05) is 10.7 Å². The van der Waals surface area contributed by atoms with Crippen LogP contribution in [0.5, 0.6) is 0 Å². The van der Waals surface area contributed by atoms with Crippen LogP contribution in [0, 0.1) is 6.92 Å². The van der Waals surface area contributed by atoms with Gasteiger partial charge in [0.25, 0.3) is 0 Å². The van der Waals surface area contributed by atoms with Crippen molar-refractivity contribution in [3.05, 3.63) is 22.4 Å². The number of nitrogens with zero attached hydrogens (tertiary/aromatic N) is 3. The maximum Gasteiger partial charge on any atom is 0.112 e. The molecule has 0 fully saturated rings. The van der Waals surface area contributed by atoms with Gasteiger partial charge < -0.3 is 0 Å². The molecule has 0 aliphatic rings. The van der Waals surface area contributed by atoms with E-state index in [9.17, 15) is 0 Å². The smallest absolute Gasteiger partial charge is 0.112 e. The number of aromatic nitrogens is 3. The Labute approximate surface area is 112 Å². The maximum atomic E-state index is 4.39. The van der Waals surface area contributed by atoms with Crippen molar-refractivity contribution >= 4 is 55.4 Å². The molecule has 2 aromatic heterocycles. The molecule has 0 saturated heterocycles. The Bertz CT molecular complexity index is 458. The molecule has 2 rings (SSSR count). The first-order chi connectivity index (χ1) is 7.22. The molecule has 6 heteroatoms. The summed E-state index contributed by atoms with van der Waals surface area (Å²) < 4.78 is 2.97. The van der Waals surface area contributed by atoms with E-state index < -0.39 is 0 Å². The van der Waals surface area contributed by atoms with Crippen LogP contribution in [-0.2, 0) is 0 Å². The number of pyridine rings is 1. The minimum atomic E-state index is 0.616. The number of halogens is 2. The largest absolute Gasteiger partial charge is 0.251 e. The highest BCUT2D eigenvalue weighted by molar-refractivity contribution is 14.2. The van der Waals surface area contributed by atoms with E-state index >= 15 is 0 Å². The molecule has 0 radical (unpaired) electrons. The fourth-order valence-corrected chi connectivity index (χ4v) is 3.06. The van der Waals surface area contributed by atoms with Gasteiger partial charge in [-0.25, -0.2) is 4.45 Å². The summed E-state index contributed by atoms with van der Waals surface area (Å²) in [6.45, 7) is 5.98. The first kappa shape index (κ1) is 13.3. The van der Waals surface area contributed by atoms with Gasteiger partial charge in [-0.1, -0.05) is 13.8 Å². The molecule has 1 unspecified atom stereocenters. The molecule has 0 aliphatic carbocycles. The molecule has 0 aromatic carbocycles. The van der Waals surface area contributed by atoms with Crippen LogP contribution in [0.2, 0.25) is 0 Å². The molecule has 2 aromatic rings. The van der Waals surface area contributed by atoms with Crippen molar-refractivity contribution in [2.45, 2.75) is 20.8 Å². The third kappa shape index (κ3) is 2.88. The van der Waals surface area contributed by atoms with Crippen LogP contribution >= 0.6 is 44.3 Å². The highest BCUT2D eigenvalue weighted by Gasteiger charge is 2.07. The van der Waals surface area contributed by atoms with E-state index in [-0.39, 0.29) is 0 Å². The Kier molecular flexibility index (Phi) is 5.43. The van der Waals surface area contributed by atoms with E-state index in [1.54, 1.807) is 6.20 Å². The standard InChI is InChI=1S/C7H6BrIN3P.C2H6/c1-4-7-6(12(11-4)13-9)2-5(8)3-10-7;1-2/h2-3,13H,1H3;1-2H3. The summed E-state index contributed by atoms with van der Waals surface area (Å²) in [7, 11) is 0. The van der Waals surface area contributed by atoms with E-state index in [0.717, 1.165) is 21.2 Å². The second kappa shape index (κ2) is 6.11. The molecule has 0 saturated carbocycles. The number of aryl methyl sites for hydroxylation is 1. The second-order valence-electron chi connectivity index (χ2n) is 2.60. The molecule has 1 atom stereocenters. The zero-order valence-corrected chi connectivity index (χ0v) is 13.5. The molecule has 0 N–H and O–H groups in total. The van der Waals surface area contributed by atoms with Gasteiger partial charge in [0.2, 0.25) is 0 Å². The van der Waals surface area contributed by atoms with Gasteiger partial charge in [-0.15, -0.1) is 0 Å². The summed E-state index contributed by atoms with van der Waals surface area (Å²) in [5, 5.41) is 4.39. The highest BCUT2D eigenvalue weighted by atomic mass is 127. The summed E-state index contributed by atoms with van der Waals surface area (Å²) in [6.07, 6.45) is 2.42. The van der Waals surface area contributed by atoms with Gasteiger partial charge in [0.1, 0.15) is 5.52 Å². The zero-order chi connectivity index (χ0) is 11.4. The fraction of sp³-hybridized carbons (Fsp3) is 0.333. The molecule has 15 heavy (non-hydrogen) atoms. The van der Waals surface area contributed by atoms with Crippen LogP contribution < -0.4 is 0 Å². The quantitative estimate of drug-likeness (QED) is 0.528. The molecule has 0 aliphatic heterocycles. The Morgan fingerprint density at radius 1 is 1.47 bits per heavy atom. The zero-order valence-electron chi connectivity index (χ0n) is 8.75. The van der Waals surface area contributed by atoms with Crippen LogP contribution in [0.1, 0.15) is 19.5 Å². The monoisotopic (exact) mass is 399 g/mol. The van der Waals surface area contributed by atoms with E-state index in [4.69, 9.17) is 0 Å². The van der Waals surface area contributed by atoms with Gasteiger partial charge in [0.05, 0.1) is 17.6 Å². The summed E-state index contributed by atoms with van der Waals surface area (Å²) in [4.78, 5) is 4.32.